The molecule has 38 heavy (non-hydrogen) atoms. The third kappa shape index (κ3) is 12.1. The van der Waals surface area contributed by atoms with Crippen LogP contribution in [0.15, 0.2) is 24.3 Å². The molecule has 0 saturated heterocycles. The number of alkyl carbamates (subject to hydrolysis) is 1. The SMILES string of the molecule is C=C(C)C(=O)OCC(CC)OC(=O)CC1CC(C)(C)CC(C)(CNC(=O)OC(CC)COC(=O)C(=C)C)C1. The molecule has 0 aromatic heterocycles. The van der Waals surface area contributed by atoms with Crippen molar-refractivity contribution in [3.63, 3.8) is 0 Å². The summed E-state index contributed by atoms with van der Waals surface area (Å²) in [5, 5.41) is 2.87. The van der Waals surface area contributed by atoms with Crippen molar-refractivity contribution >= 4 is 24.0 Å². The first-order valence-electron chi connectivity index (χ1n) is 13.4. The molecule has 0 bridgehead atoms. The second kappa shape index (κ2) is 14.9. The van der Waals surface area contributed by atoms with Crippen molar-refractivity contribution in [3.05, 3.63) is 24.3 Å². The van der Waals surface area contributed by atoms with Gasteiger partial charge >= 0.3 is 24.0 Å². The van der Waals surface area contributed by atoms with E-state index in [4.69, 9.17) is 18.9 Å². The van der Waals surface area contributed by atoms with Crippen molar-refractivity contribution in [2.75, 3.05) is 19.8 Å². The second-order valence-electron chi connectivity index (χ2n) is 11.7. The summed E-state index contributed by atoms with van der Waals surface area (Å²) in [5.74, 6) is -1.27. The van der Waals surface area contributed by atoms with E-state index in [1.807, 2.05) is 13.8 Å². The van der Waals surface area contributed by atoms with Gasteiger partial charge in [0, 0.05) is 24.1 Å². The lowest BCUT2D eigenvalue weighted by Crippen LogP contribution is -2.45. The summed E-state index contributed by atoms with van der Waals surface area (Å²) in [7, 11) is 0. The number of nitrogens with one attached hydrogen (secondary N) is 1. The first-order chi connectivity index (χ1) is 17.6. The molecule has 1 rings (SSSR count). The molecule has 0 spiro atoms. The number of carbonyl (C=O) groups is 4. The molecule has 1 fully saturated rings. The third-order valence-corrected chi connectivity index (χ3v) is 6.62. The van der Waals surface area contributed by atoms with E-state index < -0.39 is 30.2 Å². The summed E-state index contributed by atoms with van der Waals surface area (Å²) in [6, 6.07) is 0. The summed E-state index contributed by atoms with van der Waals surface area (Å²) in [5.41, 5.74) is 0.296. The summed E-state index contributed by atoms with van der Waals surface area (Å²) in [6.07, 6.45) is 2.10. The van der Waals surface area contributed by atoms with Gasteiger partial charge < -0.3 is 24.3 Å². The van der Waals surface area contributed by atoms with Crippen molar-refractivity contribution in [1.29, 1.82) is 0 Å². The van der Waals surface area contributed by atoms with Crippen LogP contribution in [-0.4, -0.2) is 56.0 Å². The number of ether oxygens (including phenoxy) is 4. The third-order valence-electron chi connectivity index (χ3n) is 6.62. The van der Waals surface area contributed by atoms with Crippen molar-refractivity contribution < 1.29 is 38.1 Å². The van der Waals surface area contributed by atoms with Gasteiger partial charge in [0.05, 0.1) is 0 Å². The first-order valence-corrected chi connectivity index (χ1v) is 13.4. The van der Waals surface area contributed by atoms with E-state index in [2.05, 4.69) is 39.2 Å². The van der Waals surface area contributed by atoms with Crippen molar-refractivity contribution in [2.45, 2.75) is 99.2 Å². The van der Waals surface area contributed by atoms with E-state index in [0.29, 0.717) is 25.0 Å². The lowest BCUT2D eigenvalue weighted by molar-refractivity contribution is -0.159. The first kappa shape index (κ1) is 33.2. The predicted octanol–water partition coefficient (Wildman–Crippen LogP) is 5.27. The molecule has 0 heterocycles. The van der Waals surface area contributed by atoms with Crippen LogP contribution in [0.3, 0.4) is 0 Å². The normalized spacial score (nSPS) is 21.8. The summed E-state index contributed by atoms with van der Waals surface area (Å²) < 4.78 is 21.3. The topological polar surface area (TPSA) is 117 Å². The minimum atomic E-state index is -0.570. The lowest BCUT2D eigenvalue weighted by Gasteiger charge is -2.46. The van der Waals surface area contributed by atoms with Gasteiger partial charge in [0.2, 0.25) is 0 Å². The molecular weight excluding hydrogens is 490 g/mol. The fourth-order valence-corrected chi connectivity index (χ4v) is 5.13. The highest BCUT2D eigenvalue weighted by atomic mass is 16.6. The molecule has 9 nitrogen and oxygen atoms in total. The molecule has 4 atom stereocenters. The highest BCUT2D eigenvalue weighted by molar-refractivity contribution is 5.87. The van der Waals surface area contributed by atoms with Crippen LogP contribution in [0.1, 0.15) is 87.0 Å². The summed E-state index contributed by atoms with van der Waals surface area (Å²) >= 11 is 0. The van der Waals surface area contributed by atoms with Crippen LogP contribution in [0.4, 0.5) is 4.79 Å². The summed E-state index contributed by atoms with van der Waals surface area (Å²) in [6.45, 7) is 20.7. The van der Waals surface area contributed by atoms with Gasteiger partial charge in [-0.15, -0.1) is 0 Å². The minimum absolute atomic E-state index is 0.00100. The Bertz CT molecular complexity index is 880. The molecule has 1 aliphatic rings. The van der Waals surface area contributed by atoms with Crippen LogP contribution in [0, 0.1) is 16.7 Å². The molecule has 216 valence electrons. The minimum Gasteiger partial charge on any atom is -0.459 e. The molecule has 0 radical (unpaired) electrons. The van der Waals surface area contributed by atoms with Gasteiger partial charge in [-0.3, -0.25) is 4.79 Å². The van der Waals surface area contributed by atoms with E-state index in [1.165, 1.54) is 0 Å². The lowest BCUT2D eigenvalue weighted by atomic mass is 9.60. The average Bonchev–Trinajstić information content (AvgIpc) is 2.80. The average molecular weight is 538 g/mol. The fraction of sp³-hybridized carbons (Fsp3) is 0.724. The zero-order valence-electron chi connectivity index (χ0n) is 24.3. The highest BCUT2D eigenvalue weighted by Crippen LogP contribution is 2.49. The Morgan fingerprint density at radius 2 is 1.37 bits per heavy atom. The van der Waals surface area contributed by atoms with Crippen molar-refractivity contribution in [2.24, 2.45) is 16.7 Å². The monoisotopic (exact) mass is 537 g/mol. The fourth-order valence-electron chi connectivity index (χ4n) is 5.13. The van der Waals surface area contributed by atoms with E-state index >= 15 is 0 Å². The van der Waals surface area contributed by atoms with Gasteiger partial charge in [-0.2, -0.15) is 0 Å². The molecule has 9 heteroatoms. The Hall–Kier alpha value is -2.84. The van der Waals surface area contributed by atoms with E-state index in [-0.39, 0.29) is 47.9 Å². The van der Waals surface area contributed by atoms with E-state index in [0.717, 1.165) is 19.3 Å². The Morgan fingerprint density at radius 1 is 0.868 bits per heavy atom. The maximum atomic E-state index is 12.7. The van der Waals surface area contributed by atoms with Crippen LogP contribution < -0.4 is 5.32 Å². The van der Waals surface area contributed by atoms with Gasteiger partial charge in [0.15, 0.2) is 0 Å². The zero-order valence-corrected chi connectivity index (χ0v) is 24.3. The number of carbonyl (C=O) groups excluding carboxylic acids is 4. The highest BCUT2D eigenvalue weighted by Gasteiger charge is 2.42. The number of hydrogen-bond donors (Lipinski definition) is 1. The molecule has 1 N–H and O–H groups in total. The van der Waals surface area contributed by atoms with Crippen LogP contribution in [0.5, 0.6) is 0 Å². The van der Waals surface area contributed by atoms with Crippen LogP contribution in [0.2, 0.25) is 0 Å². The largest absolute Gasteiger partial charge is 0.459 e. The number of esters is 3. The molecule has 0 aliphatic heterocycles. The molecule has 1 amide bonds. The molecule has 0 aromatic rings. The Morgan fingerprint density at radius 3 is 1.84 bits per heavy atom. The van der Waals surface area contributed by atoms with Gasteiger partial charge in [-0.05, 0) is 62.7 Å². The summed E-state index contributed by atoms with van der Waals surface area (Å²) in [4.78, 5) is 48.5. The molecule has 4 unspecified atom stereocenters. The maximum Gasteiger partial charge on any atom is 0.407 e. The Labute approximate surface area is 227 Å². The van der Waals surface area contributed by atoms with Gasteiger partial charge in [0.25, 0.3) is 0 Å². The number of rotatable bonds is 14. The Kier molecular flexibility index (Phi) is 13.0. The Balaban J connectivity index is 2.66. The zero-order chi connectivity index (χ0) is 29.1. The van der Waals surface area contributed by atoms with E-state index in [9.17, 15) is 19.2 Å². The van der Waals surface area contributed by atoms with Crippen LogP contribution in [-0.2, 0) is 33.3 Å². The number of amides is 1. The molecular formula is C29H47NO8. The quantitative estimate of drug-likeness (QED) is 0.181. The molecule has 0 aromatic carbocycles. The maximum absolute atomic E-state index is 12.7. The number of hydrogen-bond acceptors (Lipinski definition) is 8. The second-order valence-corrected chi connectivity index (χ2v) is 11.7. The molecule has 1 aliphatic carbocycles. The van der Waals surface area contributed by atoms with Gasteiger partial charge in [-0.1, -0.05) is 47.8 Å². The van der Waals surface area contributed by atoms with Crippen LogP contribution >= 0.6 is 0 Å². The standard InChI is InChI=1S/C29H47NO8/c1-10-22(15-35-25(32)19(3)4)37-24(31)12-21-13-28(7,8)17-29(9,14-21)18-30-27(34)38-23(11-2)16-36-26(33)20(5)6/h21-23H,3,5,10-18H2,1-2,4,6-9H3,(H,30,34). The van der Waals surface area contributed by atoms with Gasteiger partial charge in [-0.25, -0.2) is 14.4 Å². The van der Waals surface area contributed by atoms with Crippen LogP contribution in [0.25, 0.3) is 0 Å². The molecule has 1 saturated carbocycles. The van der Waals surface area contributed by atoms with Crippen molar-refractivity contribution in [1.82, 2.24) is 5.32 Å². The smallest absolute Gasteiger partial charge is 0.407 e. The van der Waals surface area contributed by atoms with Crippen molar-refractivity contribution in [3.8, 4) is 0 Å². The predicted molar refractivity (Wildman–Crippen MR) is 144 cm³/mol. The van der Waals surface area contributed by atoms with Gasteiger partial charge in [0.1, 0.15) is 25.4 Å². The van der Waals surface area contributed by atoms with E-state index in [1.54, 1.807) is 13.8 Å².